The van der Waals surface area contributed by atoms with Crippen LogP contribution in [0.25, 0.3) is 0 Å². The van der Waals surface area contributed by atoms with Crippen LogP contribution in [0.1, 0.15) is 28.9 Å². The number of carbonyl (C=O) groups excluding carboxylic acids is 1. The van der Waals surface area contributed by atoms with Crippen LogP contribution in [0.4, 0.5) is 0 Å². The molecule has 0 spiro atoms. The van der Waals surface area contributed by atoms with Crippen molar-refractivity contribution >= 4 is 5.91 Å². The zero-order chi connectivity index (χ0) is 14.7. The maximum absolute atomic E-state index is 12.1. The molecule has 1 aliphatic rings. The predicted molar refractivity (Wildman–Crippen MR) is 77.6 cm³/mol. The lowest BCUT2D eigenvalue weighted by molar-refractivity contribution is 0.0939. The molecular formula is C16H16N2O3. The van der Waals surface area contributed by atoms with Gasteiger partial charge in [-0.25, -0.2) is 0 Å². The van der Waals surface area contributed by atoms with Crippen LogP contribution in [-0.2, 0) is 0 Å². The summed E-state index contributed by atoms with van der Waals surface area (Å²) in [6.45, 7) is 3.05. The topological polar surface area (TPSA) is 60.5 Å². The van der Waals surface area contributed by atoms with E-state index < -0.39 is 0 Å². The Kier molecular flexibility index (Phi) is 3.73. The van der Waals surface area contributed by atoms with Crippen LogP contribution in [0.2, 0.25) is 0 Å². The van der Waals surface area contributed by atoms with Crippen LogP contribution in [0.15, 0.2) is 42.7 Å². The highest BCUT2D eigenvalue weighted by Gasteiger charge is 2.16. The van der Waals surface area contributed by atoms with E-state index >= 15 is 0 Å². The number of nitrogens with one attached hydrogen (secondary N) is 1. The van der Waals surface area contributed by atoms with Gasteiger partial charge < -0.3 is 14.8 Å². The number of hydrogen-bond acceptors (Lipinski definition) is 4. The number of fused-ring (bicyclic) bond motifs is 1. The van der Waals surface area contributed by atoms with Crippen molar-refractivity contribution in [1.29, 1.82) is 0 Å². The minimum Gasteiger partial charge on any atom is -0.486 e. The Hall–Kier alpha value is -2.56. The van der Waals surface area contributed by atoms with Crippen LogP contribution in [0.3, 0.4) is 0 Å². The lowest BCUT2D eigenvalue weighted by atomic mass is 10.1. The average molecular weight is 284 g/mol. The van der Waals surface area contributed by atoms with E-state index in [1.54, 1.807) is 24.5 Å². The number of benzene rings is 1. The maximum atomic E-state index is 12.1. The number of rotatable bonds is 3. The molecule has 0 radical (unpaired) electrons. The summed E-state index contributed by atoms with van der Waals surface area (Å²) < 4.78 is 11.0. The zero-order valence-corrected chi connectivity index (χ0v) is 11.7. The number of carbonyl (C=O) groups is 1. The summed E-state index contributed by atoms with van der Waals surface area (Å²) in [5.74, 6) is 1.35. The van der Waals surface area contributed by atoms with E-state index in [4.69, 9.17) is 9.47 Å². The van der Waals surface area contributed by atoms with E-state index in [1.807, 2.05) is 25.1 Å². The summed E-state index contributed by atoms with van der Waals surface area (Å²) in [6, 6.07) is 8.97. The van der Waals surface area contributed by atoms with Crippen molar-refractivity contribution in [1.82, 2.24) is 10.3 Å². The maximum Gasteiger partial charge on any atom is 0.251 e. The molecule has 3 rings (SSSR count). The van der Waals surface area contributed by atoms with Crippen LogP contribution >= 0.6 is 0 Å². The van der Waals surface area contributed by atoms with Crippen LogP contribution in [-0.4, -0.2) is 24.1 Å². The third-order valence-corrected chi connectivity index (χ3v) is 3.36. The molecule has 1 amide bonds. The molecule has 0 bridgehead atoms. The number of aromatic nitrogens is 1. The van der Waals surface area contributed by atoms with Gasteiger partial charge in [-0.2, -0.15) is 0 Å². The molecule has 5 nitrogen and oxygen atoms in total. The molecule has 1 aliphatic heterocycles. The molecule has 21 heavy (non-hydrogen) atoms. The molecular weight excluding hydrogens is 268 g/mol. The summed E-state index contributed by atoms with van der Waals surface area (Å²) in [4.78, 5) is 16.0. The van der Waals surface area contributed by atoms with Crippen molar-refractivity contribution < 1.29 is 14.3 Å². The normalized spacial score (nSPS) is 14.3. The Labute approximate surface area is 122 Å². The summed E-state index contributed by atoms with van der Waals surface area (Å²) in [5, 5.41) is 2.96. The Balaban J connectivity index is 1.73. The minimum atomic E-state index is -0.125. The first-order valence-electron chi connectivity index (χ1n) is 6.84. The van der Waals surface area contributed by atoms with Crippen molar-refractivity contribution in [3.63, 3.8) is 0 Å². The number of nitrogens with zero attached hydrogens (tertiary/aromatic N) is 1. The first-order valence-corrected chi connectivity index (χ1v) is 6.84. The summed E-state index contributed by atoms with van der Waals surface area (Å²) >= 11 is 0. The Morgan fingerprint density at radius 2 is 1.86 bits per heavy atom. The monoisotopic (exact) mass is 284 g/mol. The molecule has 2 heterocycles. The third-order valence-electron chi connectivity index (χ3n) is 3.36. The van der Waals surface area contributed by atoms with Crippen LogP contribution in [0, 0.1) is 0 Å². The van der Waals surface area contributed by atoms with Gasteiger partial charge in [0, 0.05) is 18.0 Å². The molecule has 0 unspecified atom stereocenters. The SMILES string of the molecule is C[C@H](NC(=O)c1ccncc1)c1ccc2c(c1)OCCO2. The van der Waals surface area contributed by atoms with E-state index in [0.29, 0.717) is 18.8 Å². The highest BCUT2D eigenvalue weighted by molar-refractivity contribution is 5.94. The fourth-order valence-electron chi connectivity index (χ4n) is 2.20. The van der Waals surface area contributed by atoms with Gasteiger partial charge in [-0.15, -0.1) is 0 Å². The lowest BCUT2D eigenvalue weighted by Gasteiger charge is -2.21. The Bertz CT molecular complexity index is 643. The smallest absolute Gasteiger partial charge is 0.251 e. The molecule has 1 atom stereocenters. The molecule has 0 saturated heterocycles. The average Bonchev–Trinajstić information content (AvgIpc) is 2.55. The van der Waals surface area contributed by atoms with Crippen LogP contribution in [0.5, 0.6) is 11.5 Å². The first-order chi connectivity index (χ1) is 10.2. The molecule has 0 saturated carbocycles. The second-order valence-corrected chi connectivity index (χ2v) is 4.83. The summed E-state index contributed by atoms with van der Waals surface area (Å²) in [5.41, 5.74) is 1.57. The van der Waals surface area contributed by atoms with E-state index in [-0.39, 0.29) is 11.9 Å². The van der Waals surface area contributed by atoms with Crippen molar-refractivity contribution in [2.45, 2.75) is 13.0 Å². The van der Waals surface area contributed by atoms with E-state index in [0.717, 1.165) is 17.1 Å². The van der Waals surface area contributed by atoms with E-state index in [9.17, 15) is 4.79 Å². The van der Waals surface area contributed by atoms with Gasteiger partial charge in [0.25, 0.3) is 5.91 Å². The standard InChI is InChI=1S/C16H16N2O3/c1-11(18-16(19)12-4-6-17-7-5-12)13-2-3-14-15(10-13)21-9-8-20-14/h2-7,10-11H,8-9H2,1H3,(H,18,19)/t11-/m0/s1. The second kappa shape index (κ2) is 5.83. The number of ether oxygens (including phenoxy) is 2. The fourth-order valence-corrected chi connectivity index (χ4v) is 2.20. The molecule has 1 aromatic heterocycles. The van der Waals surface area contributed by atoms with Gasteiger partial charge in [-0.3, -0.25) is 9.78 Å². The van der Waals surface area contributed by atoms with Crippen molar-refractivity contribution in [2.24, 2.45) is 0 Å². The fraction of sp³-hybridized carbons (Fsp3) is 0.250. The molecule has 0 fully saturated rings. The number of amides is 1. The van der Waals surface area contributed by atoms with Gasteiger partial charge in [0.1, 0.15) is 13.2 Å². The number of hydrogen-bond donors (Lipinski definition) is 1. The third kappa shape index (κ3) is 2.97. The zero-order valence-electron chi connectivity index (χ0n) is 11.7. The van der Waals surface area contributed by atoms with Crippen molar-refractivity contribution in [3.05, 3.63) is 53.9 Å². The van der Waals surface area contributed by atoms with E-state index in [1.165, 1.54) is 0 Å². The quantitative estimate of drug-likeness (QED) is 0.939. The molecule has 2 aromatic rings. The molecule has 5 heteroatoms. The highest BCUT2D eigenvalue weighted by atomic mass is 16.6. The molecule has 1 N–H and O–H groups in total. The molecule has 108 valence electrons. The van der Waals surface area contributed by atoms with Gasteiger partial charge in [0.05, 0.1) is 6.04 Å². The van der Waals surface area contributed by atoms with Crippen LogP contribution < -0.4 is 14.8 Å². The van der Waals surface area contributed by atoms with Gasteiger partial charge in [0.2, 0.25) is 0 Å². The summed E-state index contributed by atoms with van der Waals surface area (Å²) in [7, 11) is 0. The first kappa shape index (κ1) is 13.4. The van der Waals surface area contributed by atoms with Gasteiger partial charge in [0.15, 0.2) is 11.5 Å². The Morgan fingerprint density at radius 1 is 1.14 bits per heavy atom. The minimum absolute atomic E-state index is 0.124. The largest absolute Gasteiger partial charge is 0.486 e. The van der Waals surface area contributed by atoms with Gasteiger partial charge >= 0.3 is 0 Å². The Morgan fingerprint density at radius 3 is 2.62 bits per heavy atom. The van der Waals surface area contributed by atoms with Gasteiger partial charge in [-0.1, -0.05) is 6.07 Å². The molecule has 1 aromatic carbocycles. The summed E-state index contributed by atoms with van der Waals surface area (Å²) in [6.07, 6.45) is 3.20. The van der Waals surface area contributed by atoms with E-state index in [2.05, 4.69) is 10.3 Å². The number of pyridine rings is 1. The lowest BCUT2D eigenvalue weighted by Crippen LogP contribution is -2.26. The van der Waals surface area contributed by atoms with Gasteiger partial charge in [-0.05, 0) is 36.8 Å². The van der Waals surface area contributed by atoms with Crippen molar-refractivity contribution in [2.75, 3.05) is 13.2 Å². The highest BCUT2D eigenvalue weighted by Crippen LogP contribution is 2.32. The second-order valence-electron chi connectivity index (χ2n) is 4.83. The molecule has 0 aliphatic carbocycles. The van der Waals surface area contributed by atoms with Crippen molar-refractivity contribution in [3.8, 4) is 11.5 Å². The predicted octanol–water partition coefficient (Wildman–Crippen LogP) is 2.34.